The average molecular weight is 265 g/mol. The molecule has 98 valence electrons. The molecule has 0 aromatic heterocycles. The number of hydrogen-bond acceptors (Lipinski definition) is 4. The van der Waals surface area contributed by atoms with E-state index < -0.39 is 0 Å². The first kappa shape index (κ1) is 14.9. The van der Waals surface area contributed by atoms with Gasteiger partial charge in [0.05, 0.1) is 19.8 Å². The molecule has 0 unspecified atom stereocenters. The van der Waals surface area contributed by atoms with Crippen molar-refractivity contribution in [1.82, 2.24) is 0 Å². The van der Waals surface area contributed by atoms with Crippen LogP contribution < -0.4 is 10.5 Å². The molecule has 0 radical (unpaired) electrons. The lowest BCUT2D eigenvalue weighted by atomic mass is 10.2. The maximum atomic E-state index is 5.65. The van der Waals surface area contributed by atoms with Gasteiger partial charge in [0.1, 0.15) is 5.75 Å². The second kappa shape index (κ2) is 9.84. The third-order valence-corrected chi connectivity index (χ3v) is 3.01. The Kier molecular flexibility index (Phi) is 8.15. The summed E-state index contributed by atoms with van der Waals surface area (Å²) in [5.74, 6) is 8.63. The molecule has 1 rings (SSSR count). The van der Waals surface area contributed by atoms with Gasteiger partial charge in [-0.15, -0.1) is 0 Å². The fourth-order valence-electron chi connectivity index (χ4n) is 1.28. The number of benzene rings is 1. The van der Waals surface area contributed by atoms with Crippen molar-refractivity contribution >= 4 is 11.8 Å². The smallest absolute Gasteiger partial charge is 0.120 e. The zero-order valence-corrected chi connectivity index (χ0v) is 11.5. The largest absolute Gasteiger partial charge is 0.493 e. The lowest BCUT2D eigenvalue weighted by Crippen LogP contribution is -2.02. The van der Waals surface area contributed by atoms with E-state index in [4.69, 9.17) is 15.2 Å². The van der Waals surface area contributed by atoms with Crippen LogP contribution >= 0.6 is 11.8 Å². The van der Waals surface area contributed by atoms with Gasteiger partial charge in [0.2, 0.25) is 0 Å². The van der Waals surface area contributed by atoms with Gasteiger partial charge in [-0.05, 0) is 18.2 Å². The highest BCUT2D eigenvalue weighted by Crippen LogP contribution is 2.13. The van der Waals surface area contributed by atoms with Crippen LogP contribution in [0.15, 0.2) is 24.3 Å². The summed E-state index contributed by atoms with van der Waals surface area (Å²) in [6.45, 7) is 1.86. The molecule has 0 aliphatic heterocycles. The molecule has 0 fully saturated rings. The predicted octanol–water partition coefficient (Wildman–Crippen LogP) is 1.76. The maximum Gasteiger partial charge on any atom is 0.120 e. The van der Waals surface area contributed by atoms with E-state index in [1.54, 1.807) is 7.11 Å². The van der Waals surface area contributed by atoms with Crippen molar-refractivity contribution in [3.8, 4) is 17.6 Å². The lowest BCUT2D eigenvalue weighted by molar-refractivity contribution is 0.218. The third kappa shape index (κ3) is 6.55. The Balaban J connectivity index is 2.29. The van der Waals surface area contributed by atoms with Gasteiger partial charge < -0.3 is 15.2 Å². The molecule has 1 aromatic carbocycles. The van der Waals surface area contributed by atoms with E-state index in [1.165, 1.54) is 0 Å². The van der Waals surface area contributed by atoms with E-state index in [9.17, 15) is 0 Å². The Hall–Kier alpha value is -1.15. The van der Waals surface area contributed by atoms with Crippen LogP contribution in [0.2, 0.25) is 0 Å². The minimum atomic E-state index is 0.376. The average Bonchev–Trinajstić information content (AvgIpc) is 2.41. The molecule has 0 saturated carbocycles. The van der Waals surface area contributed by atoms with Crippen LogP contribution in [-0.2, 0) is 4.74 Å². The summed E-state index contributed by atoms with van der Waals surface area (Å²) in [5.41, 5.74) is 6.27. The van der Waals surface area contributed by atoms with Crippen LogP contribution in [-0.4, -0.2) is 38.4 Å². The molecule has 1 aromatic rings. The van der Waals surface area contributed by atoms with Crippen molar-refractivity contribution in [1.29, 1.82) is 0 Å². The van der Waals surface area contributed by atoms with Crippen molar-refractivity contribution in [3.63, 3.8) is 0 Å². The fraction of sp³-hybridized carbons (Fsp3) is 0.429. The molecule has 4 heteroatoms. The van der Waals surface area contributed by atoms with Crippen molar-refractivity contribution in [2.45, 2.75) is 0 Å². The molecular weight excluding hydrogens is 246 g/mol. The molecule has 0 aliphatic carbocycles. The van der Waals surface area contributed by atoms with E-state index in [2.05, 4.69) is 11.8 Å². The summed E-state index contributed by atoms with van der Waals surface area (Å²) in [7, 11) is 1.71. The molecule has 3 nitrogen and oxygen atoms in total. The Morgan fingerprint density at radius 1 is 1.28 bits per heavy atom. The second-order valence-corrected chi connectivity index (χ2v) is 4.71. The molecule has 2 N–H and O–H groups in total. The summed E-state index contributed by atoms with van der Waals surface area (Å²) in [4.78, 5) is 0. The van der Waals surface area contributed by atoms with E-state index in [0.717, 1.165) is 29.4 Å². The Morgan fingerprint density at radius 3 is 2.89 bits per heavy atom. The third-order valence-electron chi connectivity index (χ3n) is 2.10. The summed E-state index contributed by atoms with van der Waals surface area (Å²) in [5, 5.41) is 0. The van der Waals surface area contributed by atoms with Gasteiger partial charge in [0, 0.05) is 24.2 Å². The minimum absolute atomic E-state index is 0.376. The SMILES string of the molecule is COCCSCCOc1cccc(C#CCN)c1. The van der Waals surface area contributed by atoms with E-state index >= 15 is 0 Å². The van der Waals surface area contributed by atoms with Crippen LogP contribution in [0.4, 0.5) is 0 Å². The maximum absolute atomic E-state index is 5.65. The lowest BCUT2D eigenvalue weighted by Gasteiger charge is -2.06. The zero-order valence-electron chi connectivity index (χ0n) is 10.6. The molecule has 0 spiro atoms. The number of methoxy groups -OCH3 is 1. The van der Waals surface area contributed by atoms with Crippen LogP contribution in [0.3, 0.4) is 0 Å². The second-order valence-electron chi connectivity index (χ2n) is 3.49. The quantitative estimate of drug-likeness (QED) is 0.602. The standard InChI is InChI=1S/C14H19NO2S/c1-16-8-10-18-11-9-17-14-6-2-4-13(12-14)5-3-7-15/h2,4,6,12H,7-11,15H2,1H3. The number of nitrogens with two attached hydrogens (primary N) is 1. The van der Waals surface area contributed by atoms with Crippen molar-refractivity contribution < 1.29 is 9.47 Å². The Bertz CT molecular complexity index is 398. The van der Waals surface area contributed by atoms with E-state index in [1.807, 2.05) is 36.0 Å². The van der Waals surface area contributed by atoms with E-state index in [-0.39, 0.29) is 0 Å². The minimum Gasteiger partial charge on any atom is -0.493 e. The molecule has 18 heavy (non-hydrogen) atoms. The molecule has 0 heterocycles. The van der Waals surface area contributed by atoms with Gasteiger partial charge in [-0.25, -0.2) is 0 Å². The topological polar surface area (TPSA) is 44.5 Å². The Labute approximate surface area is 113 Å². The Morgan fingerprint density at radius 2 is 2.11 bits per heavy atom. The van der Waals surface area contributed by atoms with Gasteiger partial charge in [-0.1, -0.05) is 17.9 Å². The van der Waals surface area contributed by atoms with Gasteiger partial charge in [0.15, 0.2) is 0 Å². The molecule has 0 amide bonds. The van der Waals surface area contributed by atoms with Crippen LogP contribution in [0.1, 0.15) is 5.56 Å². The van der Waals surface area contributed by atoms with Crippen molar-refractivity contribution in [2.24, 2.45) is 5.73 Å². The first-order valence-electron chi connectivity index (χ1n) is 5.85. The summed E-state index contributed by atoms with van der Waals surface area (Å²) >= 11 is 1.82. The highest BCUT2D eigenvalue weighted by Gasteiger charge is 1.95. The van der Waals surface area contributed by atoms with Gasteiger partial charge >= 0.3 is 0 Å². The van der Waals surface area contributed by atoms with Gasteiger partial charge in [-0.2, -0.15) is 11.8 Å². The van der Waals surface area contributed by atoms with Crippen molar-refractivity contribution in [3.05, 3.63) is 29.8 Å². The summed E-state index contributed by atoms with van der Waals surface area (Å²) in [6, 6.07) is 7.76. The first-order chi connectivity index (χ1) is 8.86. The molecule has 0 aliphatic rings. The monoisotopic (exact) mass is 265 g/mol. The van der Waals surface area contributed by atoms with Crippen LogP contribution in [0.5, 0.6) is 5.75 Å². The predicted molar refractivity (Wildman–Crippen MR) is 77.1 cm³/mol. The highest BCUT2D eigenvalue weighted by molar-refractivity contribution is 7.99. The summed E-state index contributed by atoms with van der Waals surface area (Å²) in [6.07, 6.45) is 0. The number of hydrogen-bond donors (Lipinski definition) is 1. The first-order valence-corrected chi connectivity index (χ1v) is 7.00. The number of thioether (sulfide) groups is 1. The molecular formula is C14H19NO2S. The number of rotatable bonds is 7. The molecule has 0 atom stereocenters. The normalized spacial score (nSPS) is 9.67. The number of ether oxygens (including phenoxy) is 2. The molecule has 0 saturated heterocycles. The van der Waals surface area contributed by atoms with Crippen LogP contribution in [0.25, 0.3) is 0 Å². The summed E-state index contributed by atoms with van der Waals surface area (Å²) < 4.78 is 10.6. The van der Waals surface area contributed by atoms with E-state index in [0.29, 0.717) is 13.2 Å². The molecule has 0 bridgehead atoms. The highest BCUT2D eigenvalue weighted by atomic mass is 32.2. The van der Waals surface area contributed by atoms with Gasteiger partial charge in [-0.3, -0.25) is 0 Å². The fourth-order valence-corrected chi connectivity index (χ4v) is 1.97. The van der Waals surface area contributed by atoms with Crippen LogP contribution in [0, 0.1) is 11.8 Å². The van der Waals surface area contributed by atoms with Crippen molar-refractivity contribution in [2.75, 3.05) is 38.4 Å². The van der Waals surface area contributed by atoms with Gasteiger partial charge in [0.25, 0.3) is 0 Å². The zero-order chi connectivity index (χ0) is 13.1.